The highest BCUT2D eigenvalue weighted by atomic mass is 35.5. The normalized spacial score (nSPS) is 27.2. The molecule has 1 amide bonds. The molecule has 3 aromatic rings. The smallest absolute Gasteiger partial charge is 0.264 e. The zero-order chi connectivity index (χ0) is 37.0. The van der Waals surface area contributed by atoms with Crippen molar-refractivity contribution in [1.29, 1.82) is 0 Å². The number of hydrogen-bond acceptors (Lipinski definition) is 9. The van der Waals surface area contributed by atoms with Gasteiger partial charge in [0.15, 0.2) is 6.29 Å². The number of anilines is 1. The average Bonchev–Trinajstić information content (AvgIpc) is 3.15. The van der Waals surface area contributed by atoms with Crippen molar-refractivity contribution in [3.05, 3.63) is 99.9 Å². The van der Waals surface area contributed by atoms with Gasteiger partial charge >= 0.3 is 0 Å². The molecule has 5 atom stereocenters. The number of carbonyl (C=O) groups is 1. The van der Waals surface area contributed by atoms with Crippen molar-refractivity contribution < 1.29 is 32.2 Å². The minimum atomic E-state index is -4.01. The number of allylic oxidation sites excluding steroid dienone is 1. The van der Waals surface area contributed by atoms with Crippen LogP contribution in [0.4, 0.5) is 5.69 Å². The average molecular weight is 752 g/mol. The second kappa shape index (κ2) is 16.3. The highest BCUT2D eigenvalue weighted by Crippen LogP contribution is 2.51. The molecule has 1 aromatic heterocycles. The van der Waals surface area contributed by atoms with Gasteiger partial charge in [0.2, 0.25) is 10.0 Å². The van der Waals surface area contributed by atoms with E-state index in [1.807, 2.05) is 43.5 Å². The van der Waals surface area contributed by atoms with Crippen LogP contribution < -0.4 is 14.4 Å². The summed E-state index contributed by atoms with van der Waals surface area (Å²) in [5.41, 5.74) is 4.02. The van der Waals surface area contributed by atoms with Crippen LogP contribution in [0.2, 0.25) is 5.02 Å². The van der Waals surface area contributed by atoms with Gasteiger partial charge in [0.1, 0.15) is 18.0 Å². The molecule has 0 radical (unpaired) electrons. The molecule has 2 bridgehead atoms. The summed E-state index contributed by atoms with van der Waals surface area (Å²) in [6, 6.07) is 13.1. The molecule has 12 heteroatoms. The SMILES string of the molecule is COC(OC)c1cncc([C@@]2(OC)/C=C/C[C@H](C)[C@@H](C)S(=O)(=O)NC(=O)c3ccc4c(c3)N(CCCCc3cc(Cl)ccc3CO4)C[C@@H]3CC[C@H]32)c1. The van der Waals surface area contributed by atoms with Crippen molar-refractivity contribution >= 4 is 33.2 Å². The maximum Gasteiger partial charge on any atom is 0.264 e. The van der Waals surface area contributed by atoms with Crippen LogP contribution in [0.15, 0.2) is 67.0 Å². The molecule has 0 spiro atoms. The fourth-order valence-electron chi connectivity index (χ4n) is 7.89. The minimum Gasteiger partial charge on any atom is -0.487 e. The molecular formula is C40H50ClN3O7S. The molecule has 2 aliphatic heterocycles. The molecule has 1 aliphatic carbocycles. The molecule has 2 aromatic carbocycles. The number of methoxy groups -OCH3 is 3. The van der Waals surface area contributed by atoms with Crippen LogP contribution in [0, 0.1) is 17.8 Å². The summed E-state index contributed by atoms with van der Waals surface area (Å²) in [7, 11) is 0.907. The van der Waals surface area contributed by atoms with E-state index in [4.69, 9.17) is 30.5 Å². The Morgan fingerprint density at radius 3 is 2.56 bits per heavy atom. The fourth-order valence-corrected chi connectivity index (χ4v) is 9.37. The predicted octanol–water partition coefficient (Wildman–Crippen LogP) is 7.36. The van der Waals surface area contributed by atoms with Gasteiger partial charge in [-0.05, 0) is 105 Å². The van der Waals surface area contributed by atoms with Gasteiger partial charge in [-0.25, -0.2) is 13.1 Å². The summed E-state index contributed by atoms with van der Waals surface area (Å²) in [6.45, 7) is 5.25. The van der Waals surface area contributed by atoms with E-state index in [1.54, 1.807) is 52.6 Å². The Morgan fingerprint density at radius 1 is 1.02 bits per heavy atom. The summed E-state index contributed by atoms with van der Waals surface area (Å²) in [5.74, 6) is -0.0483. The van der Waals surface area contributed by atoms with E-state index >= 15 is 0 Å². The van der Waals surface area contributed by atoms with Gasteiger partial charge in [0.05, 0.1) is 10.9 Å². The molecule has 1 saturated carbocycles. The van der Waals surface area contributed by atoms with Crippen molar-refractivity contribution in [3.63, 3.8) is 0 Å². The van der Waals surface area contributed by atoms with Crippen LogP contribution in [-0.4, -0.2) is 59.0 Å². The highest BCUT2D eigenvalue weighted by Gasteiger charge is 2.49. The monoisotopic (exact) mass is 751 g/mol. The number of aromatic nitrogens is 1. The number of halogens is 1. The second-order valence-electron chi connectivity index (χ2n) is 14.3. The first kappa shape index (κ1) is 38.3. The third-order valence-electron chi connectivity index (χ3n) is 11.3. The summed E-state index contributed by atoms with van der Waals surface area (Å²) >= 11 is 6.39. The van der Waals surface area contributed by atoms with Crippen molar-refractivity contribution in [2.24, 2.45) is 17.8 Å². The number of aryl methyl sites for hydroxylation is 1. The lowest BCUT2D eigenvalue weighted by Crippen LogP contribution is -2.49. The number of fused-ring (bicyclic) bond motifs is 3. The van der Waals surface area contributed by atoms with E-state index < -0.39 is 33.1 Å². The largest absolute Gasteiger partial charge is 0.487 e. The quantitative estimate of drug-likeness (QED) is 0.211. The van der Waals surface area contributed by atoms with Crippen LogP contribution in [0.1, 0.15) is 84.9 Å². The van der Waals surface area contributed by atoms with Crippen molar-refractivity contribution in [2.75, 3.05) is 39.3 Å². The van der Waals surface area contributed by atoms with Crippen LogP contribution in [0.25, 0.3) is 0 Å². The molecular weight excluding hydrogens is 702 g/mol. The molecule has 1 N–H and O–H groups in total. The molecule has 280 valence electrons. The number of benzene rings is 2. The number of carbonyl (C=O) groups excluding carboxylic acids is 1. The van der Waals surface area contributed by atoms with E-state index in [9.17, 15) is 13.2 Å². The summed E-state index contributed by atoms with van der Waals surface area (Å²) in [5, 5.41) is -0.147. The lowest BCUT2D eigenvalue weighted by atomic mass is 9.62. The van der Waals surface area contributed by atoms with Crippen LogP contribution in [0.3, 0.4) is 0 Å². The third-order valence-corrected chi connectivity index (χ3v) is 13.5. The molecule has 6 rings (SSSR count). The minimum absolute atomic E-state index is 0.0686. The number of nitrogens with zero attached hydrogens (tertiary/aromatic N) is 2. The van der Waals surface area contributed by atoms with Crippen molar-refractivity contribution in [3.8, 4) is 5.75 Å². The van der Waals surface area contributed by atoms with E-state index in [0.717, 1.165) is 60.0 Å². The number of rotatable bonds is 5. The molecule has 0 saturated heterocycles. The van der Waals surface area contributed by atoms with Gasteiger partial charge in [-0.2, -0.15) is 0 Å². The number of nitrogens with one attached hydrogen (secondary N) is 1. The maximum atomic E-state index is 13.6. The first-order valence-electron chi connectivity index (χ1n) is 18.1. The number of sulfonamides is 1. The topological polar surface area (TPSA) is 116 Å². The Kier molecular flexibility index (Phi) is 12.0. The van der Waals surface area contributed by atoms with Crippen molar-refractivity contribution in [1.82, 2.24) is 9.71 Å². The maximum absolute atomic E-state index is 13.6. The van der Waals surface area contributed by atoms with Gasteiger partial charge < -0.3 is 23.8 Å². The van der Waals surface area contributed by atoms with E-state index in [1.165, 1.54) is 0 Å². The Bertz CT molecular complexity index is 1880. The summed E-state index contributed by atoms with van der Waals surface area (Å²) in [4.78, 5) is 20.5. The molecule has 52 heavy (non-hydrogen) atoms. The first-order chi connectivity index (χ1) is 25.0. The Labute approximate surface area is 312 Å². The Balaban J connectivity index is 1.46. The van der Waals surface area contributed by atoms with Gasteiger partial charge in [0.25, 0.3) is 5.91 Å². The third kappa shape index (κ3) is 7.89. The number of ether oxygens (including phenoxy) is 4. The highest BCUT2D eigenvalue weighted by molar-refractivity contribution is 7.90. The molecule has 3 aliphatic rings. The standard InChI is InChI=1S/C40H50ClN3O7S/c1-26-9-8-17-40(50-5,33-19-32(22-42-23-33)39(48-3)49-4)35-15-12-30(35)24-44-18-7-6-10-28-20-34(41)14-11-31(28)25-51-37-16-13-29(21-36(37)44)38(45)43-52(46,47)27(26)2/h8,11,13-14,16-17,19-23,26-27,30,35,39H,6-7,9-10,12,15,18,24-25H2,1-5H3,(H,43,45)/b17-8+/t26-,27+,30-,35+,40-/m0/s1. The Hall–Kier alpha value is -3.48. The van der Waals surface area contributed by atoms with Crippen LogP contribution in [0.5, 0.6) is 5.75 Å². The zero-order valence-corrected chi connectivity index (χ0v) is 32.2. The molecule has 3 heterocycles. The zero-order valence-electron chi connectivity index (χ0n) is 30.6. The van der Waals surface area contributed by atoms with Gasteiger partial charge in [-0.1, -0.05) is 36.7 Å². The molecule has 1 fully saturated rings. The fraction of sp³-hybridized carbons (Fsp3) is 0.500. The summed E-state index contributed by atoms with van der Waals surface area (Å²) in [6.07, 6.45) is 12.1. The van der Waals surface area contributed by atoms with E-state index in [0.29, 0.717) is 36.9 Å². The number of pyridine rings is 1. The van der Waals surface area contributed by atoms with Crippen molar-refractivity contribution in [2.45, 2.75) is 76.1 Å². The van der Waals surface area contributed by atoms with Crippen LogP contribution >= 0.6 is 11.6 Å². The second-order valence-corrected chi connectivity index (χ2v) is 16.8. The lowest BCUT2D eigenvalue weighted by molar-refractivity contribution is -0.107. The number of hydrogen-bond donors (Lipinski definition) is 1. The van der Waals surface area contributed by atoms with Crippen LogP contribution in [-0.2, 0) is 42.9 Å². The Morgan fingerprint density at radius 2 is 1.83 bits per heavy atom. The van der Waals surface area contributed by atoms with E-state index in [2.05, 4.69) is 20.7 Å². The van der Waals surface area contributed by atoms with Gasteiger partial charge in [0, 0.05) is 74.4 Å². The van der Waals surface area contributed by atoms with E-state index in [-0.39, 0.29) is 23.3 Å². The van der Waals surface area contributed by atoms with Gasteiger partial charge in [-0.15, -0.1) is 0 Å². The number of amides is 1. The van der Waals surface area contributed by atoms with Gasteiger partial charge in [-0.3, -0.25) is 9.78 Å². The molecule has 10 nitrogen and oxygen atoms in total. The predicted molar refractivity (Wildman–Crippen MR) is 202 cm³/mol. The lowest BCUT2D eigenvalue weighted by Gasteiger charge is -2.50. The first-order valence-corrected chi connectivity index (χ1v) is 20.0. The molecule has 0 unspecified atom stereocenters. The summed E-state index contributed by atoms with van der Waals surface area (Å²) < 4.78 is 53.8.